The van der Waals surface area contributed by atoms with Crippen molar-refractivity contribution in [3.8, 4) is 0 Å². The summed E-state index contributed by atoms with van der Waals surface area (Å²) >= 11 is 0. The van der Waals surface area contributed by atoms with Gasteiger partial charge in [0, 0.05) is 25.9 Å². The Kier molecular flexibility index (Phi) is 6.99. The molecule has 0 spiro atoms. The van der Waals surface area contributed by atoms with Crippen LogP contribution in [0.1, 0.15) is 46.0 Å². The molecule has 5 nitrogen and oxygen atoms in total. The van der Waals surface area contributed by atoms with Crippen molar-refractivity contribution in [2.24, 2.45) is 29.2 Å². The Morgan fingerprint density at radius 2 is 1.85 bits per heavy atom. The summed E-state index contributed by atoms with van der Waals surface area (Å²) in [5, 5.41) is 0. The lowest BCUT2D eigenvalue weighted by molar-refractivity contribution is -0.133. The molecule has 0 aliphatic carbocycles. The molecule has 1 fully saturated rings. The number of rotatable bonds is 7. The number of hydrogen-bond donors (Lipinski definition) is 2. The molecule has 1 saturated heterocycles. The van der Waals surface area contributed by atoms with Crippen LogP contribution in [0.5, 0.6) is 0 Å². The van der Waals surface area contributed by atoms with Gasteiger partial charge in [0.05, 0.1) is 0 Å². The monoisotopic (exact) mass is 283 g/mol. The molecule has 0 radical (unpaired) electrons. The van der Waals surface area contributed by atoms with Gasteiger partial charge in [0.2, 0.25) is 11.8 Å². The van der Waals surface area contributed by atoms with E-state index in [9.17, 15) is 9.59 Å². The van der Waals surface area contributed by atoms with Crippen LogP contribution in [0.15, 0.2) is 0 Å². The Balaban J connectivity index is 2.36. The molecule has 1 aliphatic heterocycles. The summed E-state index contributed by atoms with van der Waals surface area (Å²) in [6.45, 7) is 6.37. The molecule has 0 bridgehead atoms. The van der Waals surface area contributed by atoms with Crippen LogP contribution >= 0.6 is 0 Å². The first-order valence-corrected chi connectivity index (χ1v) is 7.68. The van der Waals surface area contributed by atoms with Crippen LogP contribution in [0, 0.1) is 17.8 Å². The zero-order chi connectivity index (χ0) is 15.1. The molecule has 0 aromatic rings. The Bertz CT molecular complexity index is 323. The average molecular weight is 283 g/mol. The van der Waals surface area contributed by atoms with Crippen LogP contribution in [0.4, 0.5) is 0 Å². The smallest absolute Gasteiger partial charge is 0.222 e. The van der Waals surface area contributed by atoms with E-state index < -0.39 is 0 Å². The maximum absolute atomic E-state index is 12.3. The standard InChI is InChI=1S/C15H29N3O2/c1-11(2)7-13(10-16)9-15(20)18-5-3-12(4-6-18)8-14(17)19/h11-13H,3-10,16H2,1-2H3,(H2,17,19). The van der Waals surface area contributed by atoms with E-state index >= 15 is 0 Å². The van der Waals surface area contributed by atoms with Gasteiger partial charge in [-0.2, -0.15) is 0 Å². The van der Waals surface area contributed by atoms with Gasteiger partial charge in [0.15, 0.2) is 0 Å². The molecular formula is C15H29N3O2. The number of likely N-dealkylation sites (tertiary alicyclic amines) is 1. The molecule has 1 atom stereocenters. The summed E-state index contributed by atoms with van der Waals surface area (Å²) in [6.07, 6.45) is 3.76. The van der Waals surface area contributed by atoms with Crippen LogP contribution in [0.3, 0.4) is 0 Å². The van der Waals surface area contributed by atoms with Crippen LogP contribution in [-0.4, -0.2) is 36.3 Å². The zero-order valence-corrected chi connectivity index (χ0v) is 12.8. The highest BCUT2D eigenvalue weighted by atomic mass is 16.2. The number of primary amides is 1. The predicted octanol–water partition coefficient (Wildman–Crippen LogP) is 1.11. The van der Waals surface area contributed by atoms with E-state index in [4.69, 9.17) is 11.5 Å². The van der Waals surface area contributed by atoms with Crippen molar-refractivity contribution >= 4 is 11.8 Å². The van der Waals surface area contributed by atoms with E-state index in [0.29, 0.717) is 31.2 Å². The number of amides is 2. The number of piperidine rings is 1. The SMILES string of the molecule is CC(C)CC(CN)CC(=O)N1CCC(CC(N)=O)CC1. The van der Waals surface area contributed by atoms with Crippen molar-refractivity contribution in [3.63, 3.8) is 0 Å². The predicted molar refractivity (Wildman–Crippen MR) is 79.7 cm³/mol. The first-order valence-electron chi connectivity index (χ1n) is 7.68. The summed E-state index contributed by atoms with van der Waals surface area (Å²) in [7, 11) is 0. The molecule has 20 heavy (non-hydrogen) atoms. The molecule has 116 valence electrons. The number of nitrogens with two attached hydrogens (primary N) is 2. The van der Waals surface area contributed by atoms with Crippen molar-refractivity contribution in [2.75, 3.05) is 19.6 Å². The van der Waals surface area contributed by atoms with E-state index in [1.54, 1.807) is 0 Å². The molecule has 1 heterocycles. The zero-order valence-electron chi connectivity index (χ0n) is 12.8. The fourth-order valence-electron chi connectivity index (χ4n) is 2.98. The minimum Gasteiger partial charge on any atom is -0.370 e. The lowest BCUT2D eigenvalue weighted by atomic mass is 9.91. The van der Waals surface area contributed by atoms with Crippen LogP contribution in [-0.2, 0) is 9.59 Å². The van der Waals surface area contributed by atoms with Gasteiger partial charge in [-0.15, -0.1) is 0 Å². The molecule has 1 aliphatic rings. The topological polar surface area (TPSA) is 89.4 Å². The van der Waals surface area contributed by atoms with Crippen molar-refractivity contribution in [1.29, 1.82) is 0 Å². The Morgan fingerprint density at radius 1 is 1.25 bits per heavy atom. The molecule has 0 saturated carbocycles. The molecule has 5 heteroatoms. The summed E-state index contributed by atoms with van der Waals surface area (Å²) in [6, 6.07) is 0. The van der Waals surface area contributed by atoms with Gasteiger partial charge in [0.1, 0.15) is 0 Å². The van der Waals surface area contributed by atoms with Crippen molar-refractivity contribution in [3.05, 3.63) is 0 Å². The van der Waals surface area contributed by atoms with Gasteiger partial charge >= 0.3 is 0 Å². The van der Waals surface area contributed by atoms with E-state index in [1.165, 1.54) is 0 Å². The fourth-order valence-corrected chi connectivity index (χ4v) is 2.98. The quantitative estimate of drug-likeness (QED) is 0.733. The second-order valence-electron chi connectivity index (χ2n) is 6.43. The second-order valence-corrected chi connectivity index (χ2v) is 6.43. The first kappa shape index (κ1) is 17.0. The molecular weight excluding hydrogens is 254 g/mol. The third kappa shape index (κ3) is 5.90. The number of nitrogens with zero attached hydrogens (tertiary/aromatic N) is 1. The minimum atomic E-state index is -0.241. The highest BCUT2D eigenvalue weighted by molar-refractivity contribution is 5.77. The van der Waals surface area contributed by atoms with Crippen molar-refractivity contribution in [1.82, 2.24) is 4.90 Å². The number of carbonyl (C=O) groups excluding carboxylic acids is 2. The average Bonchev–Trinajstić information content (AvgIpc) is 2.37. The first-order chi connectivity index (χ1) is 9.42. The number of hydrogen-bond acceptors (Lipinski definition) is 3. The largest absolute Gasteiger partial charge is 0.370 e. The van der Waals surface area contributed by atoms with E-state index in [-0.39, 0.29) is 17.7 Å². The lowest BCUT2D eigenvalue weighted by Gasteiger charge is -2.32. The summed E-state index contributed by atoms with van der Waals surface area (Å²) in [5.41, 5.74) is 11.0. The lowest BCUT2D eigenvalue weighted by Crippen LogP contribution is -2.40. The Hall–Kier alpha value is -1.10. The van der Waals surface area contributed by atoms with E-state index in [0.717, 1.165) is 32.4 Å². The van der Waals surface area contributed by atoms with Crippen LogP contribution in [0.25, 0.3) is 0 Å². The summed E-state index contributed by atoms with van der Waals surface area (Å²) in [4.78, 5) is 25.1. The maximum Gasteiger partial charge on any atom is 0.222 e. The van der Waals surface area contributed by atoms with E-state index in [1.807, 2.05) is 4.90 Å². The highest BCUT2D eigenvalue weighted by Gasteiger charge is 2.25. The minimum absolute atomic E-state index is 0.207. The van der Waals surface area contributed by atoms with E-state index in [2.05, 4.69) is 13.8 Å². The molecule has 1 unspecified atom stereocenters. The summed E-state index contributed by atoms with van der Waals surface area (Å²) in [5.74, 6) is 1.16. The van der Waals surface area contributed by atoms with Crippen molar-refractivity contribution < 1.29 is 9.59 Å². The van der Waals surface area contributed by atoms with Gasteiger partial charge in [-0.1, -0.05) is 13.8 Å². The van der Waals surface area contributed by atoms with Gasteiger partial charge in [-0.3, -0.25) is 9.59 Å². The van der Waals surface area contributed by atoms with Gasteiger partial charge in [-0.05, 0) is 43.6 Å². The molecule has 0 aromatic carbocycles. The van der Waals surface area contributed by atoms with Gasteiger partial charge in [0.25, 0.3) is 0 Å². The molecule has 1 rings (SSSR count). The molecule has 0 aromatic heterocycles. The Morgan fingerprint density at radius 3 is 2.30 bits per heavy atom. The Labute approximate surface area is 122 Å². The fraction of sp³-hybridized carbons (Fsp3) is 0.867. The van der Waals surface area contributed by atoms with Crippen LogP contribution in [0.2, 0.25) is 0 Å². The van der Waals surface area contributed by atoms with Crippen LogP contribution < -0.4 is 11.5 Å². The molecule has 2 amide bonds. The summed E-state index contributed by atoms with van der Waals surface area (Å²) < 4.78 is 0. The second kappa shape index (κ2) is 8.25. The third-order valence-corrected chi connectivity index (χ3v) is 4.06. The van der Waals surface area contributed by atoms with Crippen molar-refractivity contribution in [2.45, 2.75) is 46.0 Å². The normalized spacial score (nSPS) is 18.3. The van der Waals surface area contributed by atoms with Gasteiger partial charge < -0.3 is 16.4 Å². The van der Waals surface area contributed by atoms with Gasteiger partial charge in [-0.25, -0.2) is 0 Å². The highest BCUT2D eigenvalue weighted by Crippen LogP contribution is 2.22. The number of carbonyl (C=O) groups is 2. The third-order valence-electron chi connectivity index (χ3n) is 4.06. The molecule has 4 N–H and O–H groups in total. The maximum atomic E-state index is 12.3.